The molecule has 0 atom stereocenters. The van der Waals surface area contributed by atoms with Gasteiger partial charge in [0, 0.05) is 7.05 Å². The predicted molar refractivity (Wildman–Crippen MR) is 37.1 cm³/mol. The van der Waals surface area contributed by atoms with Crippen LogP contribution in [0.25, 0.3) is 0 Å². The van der Waals surface area contributed by atoms with Gasteiger partial charge in [0.05, 0.1) is 12.8 Å². The number of nitrogens with zero attached hydrogens (tertiary/aromatic N) is 3. The molecule has 0 unspecified atom stereocenters. The Kier molecular flexibility index (Phi) is 1.89. The van der Waals surface area contributed by atoms with Crippen LogP contribution in [0.1, 0.15) is 16.2 Å². The van der Waals surface area contributed by atoms with E-state index in [1.54, 1.807) is 14.0 Å². The zero-order valence-corrected chi connectivity index (χ0v) is 6.66. The van der Waals surface area contributed by atoms with Crippen LogP contribution in [0.5, 0.6) is 0 Å². The highest BCUT2D eigenvalue weighted by Crippen LogP contribution is 2.00. The van der Waals surface area contributed by atoms with Crippen molar-refractivity contribution < 1.29 is 9.53 Å². The third-order valence-electron chi connectivity index (χ3n) is 1.26. The van der Waals surface area contributed by atoms with Gasteiger partial charge in [-0.2, -0.15) is 9.90 Å². The molecule has 11 heavy (non-hydrogen) atoms. The predicted octanol–water partition coefficient (Wildman–Crippen LogP) is -0.0899. The van der Waals surface area contributed by atoms with Gasteiger partial charge in [0.15, 0.2) is 5.69 Å². The second-order valence-electron chi connectivity index (χ2n) is 2.12. The first-order valence-corrected chi connectivity index (χ1v) is 3.11. The summed E-state index contributed by atoms with van der Waals surface area (Å²) in [6.45, 7) is 1.71. The van der Waals surface area contributed by atoms with Crippen LogP contribution in [0.3, 0.4) is 0 Å². The first-order valence-electron chi connectivity index (χ1n) is 3.11. The lowest BCUT2D eigenvalue weighted by Gasteiger charge is -1.91. The lowest BCUT2D eigenvalue weighted by atomic mass is 10.3. The fraction of sp³-hybridized carbons (Fsp3) is 0.500. The summed E-state index contributed by atoms with van der Waals surface area (Å²) >= 11 is 0. The van der Waals surface area contributed by atoms with Gasteiger partial charge >= 0.3 is 5.97 Å². The summed E-state index contributed by atoms with van der Waals surface area (Å²) in [6, 6.07) is 0. The van der Waals surface area contributed by atoms with E-state index in [-0.39, 0.29) is 5.69 Å². The Labute approximate surface area is 64.0 Å². The number of carbonyl (C=O) groups is 1. The van der Waals surface area contributed by atoms with Gasteiger partial charge in [0.25, 0.3) is 0 Å². The Bertz CT molecular complexity index is 279. The normalized spacial score (nSPS) is 9.73. The zero-order chi connectivity index (χ0) is 8.43. The van der Waals surface area contributed by atoms with Gasteiger partial charge in [-0.1, -0.05) is 0 Å². The minimum absolute atomic E-state index is 0.273. The van der Waals surface area contributed by atoms with Crippen LogP contribution >= 0.6 is 0 Å². The number of carbonyl (C=O) groups excluding carboxylic acids is 1. The van der Waals surface area contributed by atoms with Crippen LogP contribution in [0, 0.1) is 6.92 Å². The molecule has 1 aromatic heterocycles. The van der Waals surface area contributed by atoms with Crippen LogP contribution in [-0.2, 0) is 11.8 Å². The maximum atomic E-state index is 10.9. The van der Waals surface area contributed by atoms with Gasteiger partial charge in [-0.15, -0.1) is 5.10 Å². The van der Waals surface area contributed by atoms with E-state index in [1.807, 2.05) is 0 Å². The molecule has 0 amide bonds. The van der Waals surface area contributed by atoms with Gasteiger partial charge in [0.2, 0.25) is 0 Å². The Balaban J connectivity index is 3.03. The van der Waals surface area contributed by atoms with Gasteiger partial charge in [-0.3, -0.25) is 0 Å². The van der Waals surface area contributed by atoms with Crippen molar-refractivity contribution in [2.24, 2.45) is 7.05 Å². The Hall–Kier alpha value is -1.39. The summed E-state index contributed by atoms with van der Waals surface area (Å²) in [5.74, 6) is -0.449. The van der Waals surface area contributed by atoms with Crippen LogP contribution in [0.4, 0.5) is 0 Å². The summed E-state index contributed by atoms with van der Waals surface area (Å²) < 4.78 is 4.48. The van der Waals surface area contributed by atoms with E-state index in [0.29, 0.717) is 5.69 Å². The molecule has 0 fully saturated rings. The average molecular weight is 155 g/mol. The highest BCUT2D eigenvalue weighted by molar-refractivity contribution is 5.87. The van der Waals surface area contributed by atoms with Crippen molar-refractivity contribution in [1.82, 2.24) is 15.0 Å². The molecule has 0 aliphatic rings. The van der Waals surface area contributed by atoms with E-state index in [4.69, 9.17) is 0 Å². The molecule has 0 aliphatic carbocycles. The molecule has 0 radical (unpaired) electrons. The summed E-state index contributed by atoms with van der Waals surface area (Å²) in [4.78, 5) is 12.2. The summed E-state index contributed by atoms with van der Waals surface area (Å²) in [5, 5.41) is 7.70. The highest BCUT2D eigenvalue weighted by Gasteiger charge is 2.13. The topological polar surface area (TPSA) is 57.0 Å². The number of hydrogen-bond donors (Lipinski definition) is 0. The monoisotopic (exact) mass is 155 g/mol. The van der Waals surface area contributed by atoms with E-state index < -0.39 is 5.97 Å². The number of methoxy groups -OCH3 is 1. The third kappa shape index (κ3) is 1.36. The van der Waals surface area contributed by atoms with E-state index in [0.717, 1.165) is 0 Å². The summed E-state index contributed by atoms with van der Waals surface area (Å²) in [7, 11) is 2.97. The van der Waals surface area contributed by atoms with E-state index in [9.17, 15) is 4.79 Å². The molecule has 0 saturated heterocycles. The number of hydrogen-bond acceptors (Lipinski definition) is 4. The molecule has 1 aromatic rings. The number of rotatable bonds is 1. The molecule has 5 heteroatoms. The maximum absolute atomic E-state index is 10.9. The van der Waals surface area contributed by atoms with Crippen molar-refractivity contribution >= 4 is 5.97 Å². The fourth-order valence-corrected chi connectivity index (χ4v) is 0.789. The molecular weight excluding hydrogens is 146 g/mol. The fourth-order valence-electron chi connectivity index (χ4n) is 0.789. The van der Waals surface area contributed by atoms with E-state index in [1.165, 1.54) is 11.9 Å². The van der Waals surface area contributed by atoms with E-state index >= 15 is 0 Å². The molecule has 0 aromatic carbocycles. The van der Waals surface area contributed by atoms with Crippen molar-refractivity contribution in [2.75, 3.05) is 7.11 Å². The molecule has 0 bridgehead atoms. The molecule has 0 saturated carbocycles. The Morgan fingerprint density at radius 2 is 2.18 bits per heavy atom. The van der Waals surface area contributed by atoms with Crippen LogP contribution < -0.4 is 0 Å². The van der Waals surface area contributed by atoms with Gasteiger partial charge in [-0.05, 0) is 6.92 Å². The van der Waals surface area contributed by atoms with Crippen LogP contribution in [0.15, 0.2) is 0 Å². The van der Waals surface area contributed by atoms with Crippen molar-refractivity contribution in [3.8, 4) is 0 Å². The van der Waals surface area contributed by atoms with Crippen LogP contribution in [0.2, 0.25) is 0 Å². The minimum Gasteiger partial charge on any atom is -0.464 e. The number of aromatic nitrogens is 3. The van der Waals surface area contributed by atoms with Crippen molar-refractivity contribution in [3.05, 3.63) is 11.4 Å². The first kappa shape index (κ1) is 7.71. The largest absolute Gasteiger partial charge is 0.464 e. The molecule has 0 aliphatic heterocycles. The van der Waals surface area contributed by atoms with Gasteiger partial charge in [0.1, 0.15) is 0 Å². The number of ether oxygens (including phenoxy) is 1. The number of esters is 1. The smallest absolute Gasteiger partial charge is 0.360 e. The molecule has 0 spiro atoms. The highest BCUT2D eigenvalue weighted by atomic mass is 16.5. The van der Waals surface area contributed by atoms with Crippen LogP contribution in [-0.4, -0.2) is 28.1 Å². The third-order valence-corrected chi connectivity index (χ3v) is 1.26. The average Bonchev–Trinajstić information content (AvgIpc) is 2.28. The van der Waals surface area contributed by atoms with Crippen molar-refractivity contribution in [2.45, 2.75) is 6.92 Å². The lowest BCUT2D eigenvalue weighted by molar-refractivity contribution is 0.0592. The van der Waals surface area contributed by atoms with Gasteiger partial charge < -0.3 is 4.74 Å². The lowest BCUT2D eigenvalue weighted by Crippen LogP contribution is -2.04. The Morgan fingerprint density at radius 1 is 1.55 bits per heavy atom. The second-order valence-corrected chi connectivity index (χ2v) is 2.12. The molecule has 1 rings (SSSR count). The van der Waals surface area contributed by atoms with E-state index in [2.05, 4.69) is 14.9 Å². The SMILES string of the molecule is COC(=O)c1nn(C)nc1C. The first-order chi connectivity index (χ1) is 5.15. The molecule has 1 heterocycles. The van der Waals surface area contributed by atoms with Crippen molar-refractivity contribution in [1.29, 1.82) is 0 Å². The zero-order valence-electron chi connectivity index (χ0n) is 6.66. The minimum atomic E-state index is -0.449. The standard InChI is InChI=1S/C6H9N3O2/c1-4-5(6(10)11-3)8-9(2)7-4/h1-3H3. The molecule has 5 nitrogen and oxygen atoms in total. The van der Waals surface area contributed by atoms with Gasteiger partial charge in [-0.25, -0.2) is 4.79 Å². The summed E-state index contributed by atoms with van der Waals surface area (Å²) in [5.41, 5.74) is 0.856. The summed E-state index contributed by atoms with van der Waals surface area (Å²) in [6.07, 6.45) is 0. The van der Waals surface area contributed by atoms with Crippen molar-refractivity contribution in [3.63, 3.8) is 0 Å². The molecular formula is C6H9N3O2. The maximum Gasteiger partial charge on any atom is 0.360 e. The molecule has 60 valence electrons. The Morgan fingerprint density at radius 3 is 2.55 bits per heavy atom. The quantitative estimate of drug-likeness (QED) is 0.532. The second kappa shape index (κ2) is 2.69. The number of aryl methyl sites for hydroxylation is 2. The molecule has 0 N–H and O–H groups in total.